The Morgan fingerprint density at radius 2 is 1.29 bits per heavy atom. The molecule has 4 nitrogen and oxygen atoms in total. The van der Waals surface area contributed by atoms with Gasteiger partial charge < -0.3 is 21.0 Å². The first kappa shape index (κ1) is 19.2. The summed E-state index contributed by atoms with van der Waals surface area (Å²) >= 11 is 0. The second-order valence-corrected chi connectivity index (χ2v) is 2.57. The molecule has 0 fully saturated rings. The molecular formula is C9H14FeO4. The fourth-order valence-electron chi connectivity index (χ4n) is 0.838. The number of hydrogen-bond donors (Lipinski definition) is 2. The summed E-state index contributed by atoms with van der Waals surface area (Å²) < 4.78 is 0. The van der Waals surface area contributed by atoms with E-state index in [1.165, 1.54) is 5.56 Å². The average Bonchev–Trinajstić information content (AvgIpc) is 2.25. The second-order valence-electron chi connectivity index (χ2n) is 2.57. The van der Waals surface area contributed by atoms with Gasteiger partial charge in [-0.2, -0.15) is 0 Å². The predicted octanol–water partition coefficient (Wildman–Crippen LogP) is 0.447. The molecule has 0 amide bonds. The van der Waals surface area contributed by atoms with Gasteiger partial charge in [-0.15, -0.1) is 0 Å². The Morgan fingerprint density at radius 1 is 0.929 bits per heavy atom. The van der Waals surface area contributed by atoms with Crippen LogP contribution in [0.2, 0.25) is 0 Å². The maximum atomic E-state index is 7.25. The van der Waals surface area contributed by atoms with Gasteiger partial charge in [0.05, 0.1) is 0 Å². The zero-order valence-electron chi connectivity index (χ0n) is 8.03. The Labute approximate surface area is 94.2 Å². The van der Waals surface area contributed by atoms with Crippen molar-refractivity contribution >= 4 is 0 Å². The zero-order valence-corrected chi connectivity index (χ0v) is 9.13. The summed E-state index contributed by atoms with van der Waals surface area (Å²) in [6, 6.07) is 10.5. The summed E-state index contributed by atoms with van der Waals surface area (Å²) in [5.41, 5.74) is 1.41. The summed E-state index contributed by atoms with van der Waals surface area (Å²) in [6.07, 6.45) is 0. The van der Waals surface area contributed by atoms with Crippen molar-refractivity contribution in [3.63, 3.8) is 0 Å². The Hall–Kier alpha value is -0.421. The molecule has 0 aliphatic rings. The topological polar surface area (TPSA) is 86.6 Å². The van der Waals surface area contributed by atoms with Gasteiger partial charge in [-0.05, 0) is 11.5 Å². The van der Waals surface area contributed by atoms with Crippen molar-refractivity contribution in [2.75, 3.05) is 0 Å². The van der Waals surface area contributed by atoms with E-state index in [0.717, 1.165) is 0 Å². The molecule has 0 aliphatic carbocycles. The summed E-state index contributed by atoms with van der Waals surface area (Å²) in [4.78, 5) is 0. The third-order valence-corrected chi connectivity index (χ3v) is 1.47. The Balaban J connectivity index is -0.000000216. The first-order valence-electron chi connectivity index (χ1n) is 3.72. The summed E-state index contributed by atoms with van der Waals surface area (Å²) in [5, 5.41) is 26.0. The van der Waals surface area contributed by atoms with Crippen LogP contribution in [0.15, 0.2) is 30.3 Å². The molecule has 1 rings (SSSR count). The first-order chi connectivity index (χ1) is 6.30. The van der Waals surface area contributed by atoms with Gasteiger partial charge in [0, 0.05) is 0 Å². The molecule has 0 saturated carbocycles. The maximum Gasteiger partial charge on any atom is 2.00 e. The van der Waals surface area contributed by atoms with Gasteiger partial charge in [0.2, 0.25) is 0 Å². The quantitative estimate of drug-likeness (QED) is 0.425. The number of rotatable bonds is 1. The molecular weight excluding hydrogens is 228 g/mol. The molecule has 2 N–H and O–H groups in total. The van der Waals surface area contributed by atoms with E-state index in [0.29, 0.717) is 5.92 Å². The SMILES string of the molecule is CC(C)c1ccccc1.[Fe+2].[O-]O.[O-]O. The molecule has 0 heterocycles. The van der Waals surface area contributed by atoms with Crippen molar-refractivity contribution < 1.29 is 38.1 Å². The molecule has 0 atom stereocenters. The van der Waals surface area contributed by atoms with E-state index in [-0.39, 0.29) is 17.1 Å². The molecule has 0 unspecified atom stereocenters. The van der Waals surface area contributed by atoms with Gasteiger partial charge in [0.25, 0.3) is 0 Å². The molecule has 0 spiro atoms. The van der Waals surface area contributed by atoms with Crippen molar-refractivity contribution in [1.82, 2.24) is 0 Å². The molecule has 82 valence electrons. The van der Waals surface area contributed by atoms with Crippen molar-refractivity contribution in [3.8, 4) is 0 Å². The van der Waals surface area contributed by atoms with Gasteiger partial charge in [0.1, 0.15) is 0 Å². The van der Waals surface area contributed by atoms with Crippen LogP contribution in [0.5, 0.6) is 0 Å². The van der Waals surface area contributed by atoms with Crippen LogP contribution in [-0.2, 0) is 17.1 Å². The van der Waals surface area contributed by atoms with Crippen LogP contribution >= 0.6 is 0 Å². The van der Waals surface area contributed by atoms with E-state index in [1.54, 1.807) is 0 Å². The normalized spacial score (nSPS) is 7.36. The average molecular weight is 242 g/mol. The molecule has 0 saturated heterocycles. The summed E-state index contributed by atoms with van der Waals surface area (Å²) in [5.74, 6) is 0.659. The van der Waals surface area contributed by atoms with Crippen molar-refractivity contribution in [3.05, 3.63) is 35.9 Å². The molecule has 0 radical (unpaired) electrons. The number of hydrogen-bond acceptors (Lipinski definition) is 4. The fraction of sp³-hybridized carbons (Fsp3) is 0.333. The van der Waals surface area contributed by atoms with Crippen LogP contribution in [-0.4, -0.2) is 10.5 Å². The maximum absolute atomic E-state index is 7.25. The Bertz CT molecular complexity index is 179. The molecule has 5 heteroatoms. The Kier molecular flexibility index (Phi) is 20.7. The fourth-order valence-corrected chi connectivity index (χ4v) is 0.838. The van der Waals surface area contributed by atoms with Crippen molar-refractivity contribution in [2.45, 2.75) is 19.8 Å². The van der Waals surface area contributed by atoms with Gasteiger partial charge in [0.15, 0.2) is 0 Å². The zero-order chi connectivity index (χ0) is 10.7. The molecule has 0 bridgehead atoms. The molecule has 0 aromatic heterocycles. The van der Waals surface area contributed by atoms with Gasteiger partial charge in [-0.3, -0.25) is 0 Å². The van der Waals surface area contributed by atoms with Crippen LogP contribution in [0.4, 0.5) is 0 Å². The van der Waals surface area contributed by atoms with E-state index in [2.05, 4.69) is 38.1 Å². The van der Waals surface area contributed by atoms with Gasteiger partial charge >= 0.3 is 17.1 Å². The number of benzene rings is 1. The van der Waals surface area contributed by atoms with E-state index >= 15 is 0 Å². The minimum absolute atomic E-state index is 0. The van der Waals surface area contributed by atoms with Crippen molar-refractivity contribution in [1.29, 1.82) is 0 Å². The second kappa shape index (κ2) is 15.1. The van der Waals surface area contributed by atoms with Crippen LogP contribution in [0.25, 0.3) is 0 Å². The van der Waals surface area contributed by atoms with Crippen LogP contribution < -0.4 is 10.5 Å². The minimum Gasteiger partial charge on any atom is -0.727 e. The summed E-state index contributed by atoms with van der Waals surface area (Å²) in [7, 11) is 0. The van der Waals surface area contributed by atoms with E-state index in [4.69, 9.17) is 21.0 Å². The third kappa shape index (κ3) is 9.67. The van der Waals surface area contributed by atoms with E-state index < -0.39 is 0 Å². The first-order valence-corrected chi connectivity index (χ1v) is 3.72. The molecule has 14 heavy (non-hydrogen) atoms. The Morgan fingerprint density at radius 3 is 1.50 bits per heavy atom. The van der Waals surface area contributed by atoms with Gasteiger partial charge in [-0.1, -0.05) is 44.2 Å². The smallest absolute Gasteiger partial charge is 0.727 e. The van der Waals surface area contributed by atoms with Crippen LogP contribution in [0, 0.1) is 0 Å². The van der Waals surface area contributed by atoms with Gasteiger partial charge in [-0.25, -0.2) is 0 Å². The van der Waals surface area contributed by atoms with Crippen molar-refractivity contribution in [2.24, 2.45) is 0 Å². The standard InChI is InChI=1S/C9H12.Fe.2H2O2/c1-8(2)9-6-4-3-5-7-9;;2*1-2/h3-8H,1-2H3;;2*1-2H/q;+2;;/p-2. The third-order valence-electron chi connectivity index (χ3n) is 1.47. The van der Waals surface area contributed by atoms with E-state index in [1.807, 2.05) is 6.07 Å². The minimum atomic E-state index is 0. The summed E-state index contributed by atoms with van der Waals surface area (Å²) in [6.45, 7) is 4.41. The monoisotopic (exact) mass is 242 g/mol. The van der Waals surface area contributed by atoms with Crippen LogP contribution in [0.3, 0.4) is 0 Å². The van der Waals surface area contributed by atoms with E-state index in [9.17, 15) is 0 Å². The molecule has 0 aliphatic heterocycles. The predicted molar refractivity (Wildman–Crippen MR) is 45.8 cm³/mol. The molecule has 1 aromatic carbocycles. The van der Waals surface area contributed by atoms with Crippen LogP contribution in [0.1, 0.15) is 25.3 Å². The molecule has 1 aromatic rings. The largest absolute Gasteiger partial charge is 2.00 e.